The van der Waals surface area contributed by atoms with E-state index in [0.717, 1.165) is 32.5 Å². The molecule has 0 N–H and O–H groups in total. The van der Waals surface area contributed by atoms with E-state index in [1.54, 1.807) is 0 Å². The third kappa shape index (κ3) is 4.77. The van der Waals surface area contributed by atoms with Crippen LogP contribution in [0.15, 0.2) is 30.3 Å². The molecule has 2 rings (SSSR count). The Bertz CT molecular complexity index is 402. The molecule has 0 radical (unpaired) electrons. The quantitative estimate of drug-likeness (QED) is 0.809. The van der Waals surface area contributed by atoms with Crippen LogP contribution in [0.25, 0.3) is 0 Å². The molecule has 3 nitrogen and oxygen atoms in total. The first-order valence-corrected chi connectivity index (χ1v) is 7.06. The number of piperidine rings is 1. The summed E-state index contributed by atoms with van der Waals surface area (Å²) in [5, 5.41) is 0. The highest BCUT2D eigenvalue weighted by atomic mass is 16.1. The van der Waals surface area contributed by atoms with Crippen molar-refractivity contribution < 1.29 is 4.79 Å². The lowest BCUT2D eigenvalue weighted by Crippen LogP contribution is -2.41. The van der Waals surface area contributed by atoms with Crippen molar-refractivity contribution in [2.45, 2.75) is 19.4 Å². The monoisotopic (exact) mass is 260 g/mol. The van der Waals surface area contributed by atoms with Crippen LogP contribution in [0, 0.1) is 5.92 Å². The largest absolute Gasteiger partial charge is 0.309 e. The van der Waals surface area contributed by atoms with Gasteiger partial charge >= 0.3 is 0 Å². The van der Waals surface area contributed by atoms with E-state index in [1.807, 2.05) is 6.07 Å². The van der Waals surface area contributed by atoms with Crippen molar-refractivity contribution in [1.82, 2.24) is 9.80 Å². The summed E-state index contributed by atoms with van der Waals surface area (Å²) in [4.78, 5) is 16.4. The van der Waals surface area contributed by atoms with Crippen molar-refractivity contribution in [3.8, 4) is 0 Å². The van der Waals surface area contributed by atoms with Gasteiger partial charge in [-0.05, 0) is 38.5 Å². The lowest BCUT2D eigenvalue weighted by molar-refractivity contribution is -0.124. The van der Waals surface area contributed by atoms with Gasteiger partial charge < -0.3 is 4.90 Å². The number of Topliss-reactive ketones (excluding diaryl/α,β-unsaturated/α-hetero) is 1. The molecule has 0 amide bonds. The zero-order valence-electron chi connectivity index (χ0n) is 12.0. The van der Waals surface area contributed by atoms with Crippen LogP contribution in [0.1, 0.15) is 18.4 Å². The Hall–Kier alpha value is -1.19. The summed E-state index contributed by atoms with van der Waals surface area (Å²) in [6.45, 7) is 3.63. The number of likely N-dealkylation sites (tertiary alicyclic amines) is 1. The van der Waals surface area contributed by atoms with Crippen molar-refractivity contribution in [2.24, 2.45) is 5.92 Å². The molecule has 1 fully saturated rings. The van der Waals surface area contributed by atoms with Gasteiger partial charge in [0.2, 0.25) is 0 Å². The van der Waals surface area contributed by atoms with Crippen LogP contribution in [-0.2, 0) is 11.3 Å². The van der Waals surface area contributed by atoms with E-state index in [-0.39, 0.29) is 0 Å². The molecule has 104 valence electrons. The molecule has 1 aromatic carbocycles. The van der Waals surface area contributed by atoms with E-state index in [4.69, 9.17) is 0 Å². The first-order valence-electron chi connectivity index (χ1n) is 7.06. The summed E-state index contributed by atoms with van der Waals surface area (Å²) >= 11 is 0. The standard InChI is InChI=1S/C16H24N2O/c1-17(2)9-8-15-10-16(19)13-18(12-15)11-14-6-4-3-5-7-14/h3-7,15H,8-13H2,1-2H3. The number of carbonyl (C=O) groups is 1. The highest BCUT2D eigenvalue weighted by Crippen LogP contribution is 2.19. The third-order valence-electron chi connectivity index (χ3n) is 3.67. The molecule has 0 aliphatic carbocycles. The Morgan fingerprint density at radius 3 is 2.68 bits per heavy atom. The van der Waals surface area contributed by atoms with E-state index in [1.165, 1.54) is 5.56 Å². The van der Waals surface area contributed by atoms with Gasteiger partial charge in [0.25, 0.3) is 0 Å². The van der Waals surface area contributed by atoms with Crippen LogP contribution in [0.2, 0.25) is 0 Å². The highest BCUT2D eigenvalue weighted by molar-refractivity contribution is 5.81. The van der Waals surface area contributed by atoms with Gasteiger partial charge in [-0.15, -0.1) is 0 Å². The van der Waals surface area contributed by atoms with E-state index >= 15 is 0 Å². The molecular weight excluding hydrogens is 236 g/mol. The molecule has 0 saturated carbocycles. The Morgan fingerprint density at radius 1 is 1.26 bits per heavy atom. The minimum Gasteiger partial charge on any atom is -0.309 e. The second kappa shape index (κ2) is 6.83. The van der Waals surface area contributed by atoms with Gasteiger partial charge in [0, 0.05) is 19.5 Å². The first-order chi connectivity index (χ1) is 9.13. The molecule has 1 aromatic rings. The normalized spacial score (nSPS) is 21.0. The lowest BCUT2D eigenvalue weighted by atomic mass is 9.93. The van der Waals surface area contributed by atoms with Crippen LogP contribution in [-0.4, -0.2) is 49.3 Å². The summed E-state index contributed by atoms with van der Waals surface area (Å²) < 4.78 is 0. The van der Waals surface area contributed by atoms with Gasteiger partial charge in [0.1, 0.15) is 5.78 Å². The zero-order chi connectivity index (χ0) is 13.7. The summed E-state index contributed by atoms with van der Waals surface area (Å²) in [7, 11) is 4.18. The van der Waals surface area contributed by atoms with E-state index in [0.29, 0.717) is 18.2 Å². The summed E-state index contributed by atoms with van der Waals surface area (Å²) in [6.07, 6.45) is 1.88. The minimum atomic E-state index is 0.394. The molecule has 19 heavy (non-hydrogen) atoms. The molecule has 1 aliphatic rings. The maximum atomic E-state index is 11.9. The Morgan fingerprint density at radius 2 is 2.00 bits per heavy atom. The maximum Gasteiger partial charge on any atom is 0.147 e. The van der Waals surface area contributed by atoms with Gasteiger partial charge in [0.15, 0.2) is 0 Å². The smallest absolute Gasteiger partial charge is 0.147 e. The topological polar surface area (TPSA) is 23.6 Å². The van der Waals surface area contributed by atoms with Gasteiger partial charge in [-0.3, -0.25) is 9.69 Å². The van der Waals surface area contributed by atoms with Gasteiger partial charge in [-0.1, -0.05) is 30.3 Å². The fraction of sp³-hybridized carbons (Fsp3) is 0.562. The molecule has 1 saturated heterocycles. The molecule has 0 bridgehead atoms. The van der Waals surface area contributed by atoms with Crippen LogP contribution in [0.3, 0.4) is 0 Å². The number of carbonyl (C=O) groups excluding carboxylic acids is 1. The number of rotatable bonds is 5. The fourth-order valence-corrected chi connectivity index (χ4v) is 2.73. The van der Waals surface area contributed by atoms with Crippen LogP contribution >= 0.6 is 0 Å². The van der Waals surface area contributed by atoms with E-state index < -0.39 is 0 Å². The lowest BCUT2D eigenvalue weighted by Gasteiger charge is -2.32. The molecule has 1 atom stereocenters. The molecule has 3 heteroatoms. The maximum absolute atomic E-state index is 11.9. The number of hydrogen-bond acceptors (Lipinski definition) is 3. The molecule has 1 aliphatic heterocycles. The summed E-state index contributed by atoms with van der Waals surface area (Å²) in [5.41, 5.74) is 1.29. The Labute approximate surface area is 116 Å². The van der Waals surface area contributed by atoms with Gasteiger partial charge in [-0.25, -0.2) is 0 Å². The molecular formula is C16H24N2O. The summed E-state index contributed by atoms with van der Waals surface area (Å²) in [6, 6.07) is 10.4. The number of hydrogen-bond donors (Lipinski definition) is 0. The van der Waals surface area contributed by atoms with Crippen LogP contribution < -0.4 is 0 Å². The number of ketones is 1. The SMILES string of the molecule is CN(C)CCC1CC(=O)CN(Cc2ccccc2)C1. The van der Waals surface area contributed by atoms with Crippen molar-refractivity contribution in [2.75, 3.05) is 33.7 Å². The fourth-order valence-electron chi connectivity index (χ4n) is 2.73. The second-order valence-corrected chi connectivity index (χ2v) is 5.86. The minimum absolute atomic E-state index is 0.394. The second-order valence-electron chi connectivity index (χ2n) is 5.86. The van der Waals surface area contributed by atoms with Crippen molar-refractivity contribution in [3.63, 3.8) is 0 Å². The van der Waals surface area contributed by atoms with Gasteiger partial charge in [0.05, 0.1) is 6.54 Å². The molecule has 0 aromatic heterocycles. The van der Waals surface area contributed by atoms with Crippen molar-refractivity contribution >= 4 is 5.78 Å². The molecule has 1 unspecified atom stereocenters. The highest BCUT2D eigenvalue weighted by Gasteiger charge is 2.25. The van der Waals surface area contributed by atoms with Crippen LogP contribution in [0.4, 0.5) is 0 Å². The third-order valence-corrected chi connectivity index (χ3v) is 3.67. The average Bonchev–Trinajstić information content (AvgIpc) is 2.37. The van der Waals surface area contributed by atoms with E-state index in [2.05, 4.69) is 48.2 Å². The van der Waals surface area contributed by atoms with Gasteiger partial charge in [-0.2, -0.15) is 0 Å². The molecule has 0 spiro atoms. The van der Waals surface area contributed by atoms with Crippen molar-refractivity contribution in [1.29, 1.82) is 0 Å². The Kier molecular flexibility index (Phi) is 5.11. The predicted molar refractivity (Wildman–Crippen MR) is 78.0 cm³/mol. The van der Waals surface area contributed by atoms with Crippen molar-refractivity contribution in [3.05, 3.63) is 35.9 Å². The summed E-state index contributed by atoms with van der Waals surface area (Å²) in [5.74, 6) is 0.915. The Balaban J connectivity index is 1.88. The zero-order valence-corrected chi connectivity index (χ0v) is 12.0. The first kappa shape index (κ1) is 14.2. The number of nitrogens with zero attached hydrogens (tertiary/aromatic N) is 2. The predicted octanol–water partition coefficient (Wildman–Crippen LogP) is 2.03. The average molecular weight is 260 g/mol. The number of benzene rings is 1. The van der Waals surface area contributed by atoms with E-state index in [9.17, 15) is 4.79 Å². The molecule has 1 heterocycles. The van der Waals surface area contributed by atoms with Crippen LogP contribution in [0.5, 0.6) is 0 Å².